The van der Waals surface area contributed by atoms with Gasteiger partial charge in [0.25, 0.3) is 15.9 Å². The summed E-state index contributed by atoms with van der Waals surface area (Å²) in [4.78, 5) is 32.1. The summed E-state index contributed by atoms with van der Waals surface area (Å²) in [5, 5.41) is 2.96. The van der Waals surface area contributed by atoms with Crippen LogP contribution < -0.4 is 10.0 Å². The molecule has 176 valence electrons. The number of aliphatic imine (C=N–C) groups is 1. The van der Waals surface area contributed by atoms with Crippen LogP contribution in [0.25, 0.3) is 0 Å². The van der Waals surface area contributed by atoms with Crippen molar-refractivity contribution in [2.24, 2.45) is 10.9 Å². The second-order valence-corrected chi connectivity index (χ2v) is 10.4. The maximum Gasteiger partial charge on any atom is 0.287 e. The normalized spacial score (nSPS) is 19.9. The topological polar surface area (TPSA) is 121 Å². The summed E-state index contributed by atoms with van der Waals surface area (Å²) in [6, 6.07) is 9.22. The van der Waals surface area contributed by atoms with Crippen LogP contribution >= 0.6 is 0 Å². The van der Waals surface area contributed by atoms with Gasteiger partial charge in [0, 0.05) is 24.7 Å². The second-order valence-electron chi connectivity index (χ2n) is 8.75. The molecular formula is C23H28N4O5S. The molecule has 2 aliphatic rings. The first-order valence-corrected chi connectivity index (χ1v) is 12.5. The average molecular weight is 473 g/mol. The number of amides is 2. The number of nitrogens with zero attached hydrogens (tertiary/aromatic N) is 2. The highest BCUT2D eigenvalue weighted by Gasteiger charge is 2.35. The van der Waals surface area contributed by atoms with Gasteiger partial charge in [0.05, 0.1) is 4.90 Å². The van der Waals surface area contributed by atoms with E-state index in [2.05, 4.69) is 15.0 Å². The number of likely N-dealkylation sites (tertiary alicyclic amines) is 1. The van der Waals surface area contributed by atoms with E-state index in [1.807, 2.05) is 13.8 Å². The number of hydrogen-bond donors (Lipinski definition) is 2. The Kier molecular flexibility index (Phi) is 6.29. The van der Waals surface area contributed by atoms with Crippen LogP contribution in [-0.2, 0) is 14.8 Å². The first-order chi connectivity index (χ1) is 15.7. The predicted octanol–water partition coefficient (Wildman–Crippen LogP) is 2.07. The molecule has 2 N–H and O–H groups in total. The zero-order chi connectivity index (χ0) is 23.8. The third-order valence-corrected chi connectivity index (χ3v) is 7.32. The van der Waals surface area contributed by atoms with E-state index in [0.717, 1.165) is 0 Å². The lowest BCUT2D eigenvalue weighted by atomic mass is 9.99. The molecule has 1 saturated heterocycles. The fourth-order valence-electron chi connectivity index (χ4n) is 4.10. The summed E-state index contributed by atoms with van der Waals surface area (Å²) in [7, 11) is -3.67. The molecule has 0 radical (unpaired) electrons. The summed E-state index contributed by atoms with van der Waals surface area (Å²) < 4.78 is 32.6. The van der Waals surface area contributed by atoms with Crippen molar-refractivity contribution in [3.8, 4) is 0 Å². The Hall–Kier alpha value is -3.14. The summed E-state index contributed by atoms with van der Waals surface area (Å²) in [5.74, 6) is 0.629. The quantitative estimate of drug-likeness (QED) is 0.690. The van der Waals surface area contributed by atoms with E-state index in [1.54, 1.807) is 42.2 Å². The Bertz CT molecular complexity index is 1190. The molecular weight excluding hydrogens is 444 g/mol. The van der Waals surface area contributed by atoms with Crippen molar-refractivity contribution in [1.29, 1.82) is 0 Å². The number of benzene rings is 1. The van der Waals surface area contributed by atoms with Crippen molar-refractivity contribution in [2.75, 3.05) is 13.1 Å². The molecule has 0 spiro atoms. The van der Waals surface area contributed by atoms with Crippen LogP contribution in [-0.4, -0.2) is 56.1 Å². The van der Waals surface area contributed by atoms with Crippen molar-refractivity contribution in [3.63, 3.8) is 0 Å². The van der Waals surface area contributed by atoms with Gasteiger partial charge in [-0.1, -0.05) is 26.0 Å². The van der Waals surface area contributed by atoms with Crippen LogP contribution in [0.4, 0.5) is 0 Å². The van der Waals surface area contributed by atoms with Gasteiger partial charge in [-0.25, -0.2) is 8.42 Å². The molecule has 0 aliphatic carbocycles. The monoisotopic (exact) mass is 472 g/mol. The summed E-state index contributed by atoms with van der Waals surface area (Å²) >= 11 is 0. The number of nitrogens with one attached hydrogen (secondary N) is 2. The Morgan fingerprint density at radius 3 is 2.48 bits per heavy atom. The minimum absolute atomic E-state index is 0.0516. The standard InChI is InChI=1S/C23H28N4O5S/c1-14(2)20(25-21-17-6-4-5-7-19(17)33(30,31)26-21)23(29)27-12-10-16(11-13-27)24-22(28)18-9-8-15(3)32-18/h4-9,14,16,20H,10-13H2,1-3H3,(H,24,28)(H,25,26)/t20-/m0/s1. The maximum atomic E-state index is 13.3. The summed E-state index contributed by atoms with van der Waals surface area (Å²) in [6.45, 7) is 6.53. The lowest BCUT2D eigenvalue weighted by Gasteiger charge is -2.34. The Morgan fingerprint density at radius 2 is 1.85 bits per heavy atom. The SMILES string of the molecule is Cc1ccc(C(=O)NC2CCN(C(=O)[C@@H](N=C3NS(=O)(=O)c4ccccc43)C(C)C)CC2)o1. The lowest BCUT2D eigenvalue weighted by Crippen LogP contribution is -2.50. The van der Waals surface area contributed by atoms with E-state index in [-0.39, 0.29) is 40.3 Å². The number of fused-ring (bicyclic) bond motifs is 1. The maximum absolute atomic E-state index is 13.3. The number of sulfonamides is 1. The largest absolute Gasteiger partial charge is 0.456 e. The highest BCUT2D eigenvalue weighted by atomic mass is 32.2. The van der Waals surface area contributed by atoms with Gasteiger partial charge in [0.2, 0.25) is 5.91 Å². The molecule has 4 rings (SSSR count). The fraction of sp³-hybridized carbons (Fsp3) is 0.435. The van der Waals surface area contributed by atoms with Gasteiger partial charge in [0.1, 0.15) is 17.6 Å². The molecule has 2 aliphatic heterocycles. The van der Waals surface area contributed by atoms with E-state index < -0.39 is 16.1 Å². The number of amidine groups is 1. The molecule has 3 heterocycles. The third-order valence-electron chi connectivity index (χ3n) is 5.92. The average Bonchev–Trinajstić information content (AvgIpc) is 3.33. The number of piperidine rings is 1. The van der Waals surface area contributed by atoms with Crippen molar-refractivity contribution in [2.45, 2.75) is 50.6 Å². The van der Waals surface area contributed by atoms with Crippen LogP contribution in [0.1, 0.15) is 48.6 Å². The second kappa shape index (κ2) is 9.01. The van der Waals surface area contributed by atoms with Crippen molar-refractivity contribution < 1.29 is 22.4 Å². The number of carbonyl (C=O) groups is 2. The molecule has 1 aromatic heterocycles. The first kappa shape index (κ1) is 23.0. The molecule has 10 heteroatoms. The van der Waals surface area contributed by atoms with Crippen LogP contribution in [0.3, 0.4) is 0 Å². The van der Waals surface area contributed by atoms with Gasteiger partial charge < -0.3 is 14.6 Å². The minimum atomic E-state index is -3.67. The zero-order valence-electron chi connectivity index (χ0n) is 18.9. The Labute approximate surface area is 193 Å². The molecule has 0 bridgehead atoms. The number of carbonyl (C=O) groups excluding carboxylic acids is 2. The van der Waals surface area contributed by atoms with Gasteiger partial charge in [-0.3, -0.25) is 19.3 Å². The first-order valence-electron chi connectivity index (χ1n) is 11.0. The van der Waals surface area contributed by atoms with E-state index in [0.29, 0.717) is 37.3 Å². The number of furan rings is 1. The zero-order valence-corrected chi connectivity index (χ0v) is 19.7. The van der Waals surface area contributed by atoms with Crippen LogP contribution in [0.5, 0.6) is 0 Å². The molecule has 2 aromatic rings. The Morgan fingerprint density at radius 1 is 1.15 bits per heavy atom. The van der Waals surface area contributed by atoms with Gasteiger partial charge in [-0.15, -0.1) is 0 Å². The molecule has 2 amide bonds. The van der Waals surface area contributed by atoms with E-state index in [1.165, 1.54) is 6.07 Å². The van der Waals surface area contributed by atoms with Crippen molar-refractivity contribution in [3.05, 3.63) is 53.5 Å². The fourth-order valence-corrected chi connectivity index (χ4v) is 5.34. The molecule has 33 heavy (non-hydrogen) atoms. The molecule has 1 atom stereocenters. The summed E-state index contributed by atoms with van der Waals surface area (Å²) in [5.41, 5.74) is 0.477. The summed E-state index contributed by atoms with van der Waals surface area (Å²) in [6.07, 6.45) is 1.24. The highest BCUT2D eigenvalue weighted by Crippen LogP contribution is 2.24. The smallest absolute Gasteiger partial charge is 0.287 e. The number of hydrogen-bond acceptors (Lipinski definition) is 6. The predicted molar refractivity (Wildman–Crippen MR) is 122 cm³/mol. The Balaban J connectivity index is 1.43. The van der Waals surface area contributed by atoms with Crippen LogP contribution in [0.15, 0.2) is 50.7 Å². The molecule has 0 unspecified atom stereocenters. The van der Waals surface area contributed by atoms with E-state index >= 15 is 0 Å². The molecule has 1 aromatic carbocycles. The van der Waals surface area contributed by atoms with Gasteiger partial charge in [0.15, 0.2) is 5.76 Å². The van der Waals surface area contributed by atoms with Gasteiger partial charge >= 0.3 is 0 Å². The molecule has 1 fully saturated rings. The number of rotatable bonds is 5. The van der Waals surface area contributed by atoms with Gasteiger partial charge in [-0.05, 0) is 49.9 Å². The van der Waals surface area contributed by atoms with Crippen LogP contribution in [0.2, 0.25) is 0 Å². The molecule has 9 nitrogen and oxygen atoms in total. The van der Waals surface area contributed by atoms with Gasteiger partial charge in [-0.2, -0.15) is 0 Å². The van der Waals surface area contributed by atoms with Crippen molar-refractivity contribution >= 4 is 27.7 Å². The highest BCUT2D eigenvalue weighted by molar-refractivity contribution is 7.90. The van der Waals surface area contributed by atoms with Crippen molar-refractivity contribution in [1.82, 2.24) is 14.9 Å². The lowest BCUT2D eigenvalue weighted by molar-refractivity contribution is -0.134. The van der Waals surface area contributed by atoms with Crippen LogP contribution in [0, 0.1) is 12.8 Å². The third kappa shape index (κ3) is 4.80. The molecule has 0 saturated carbocycles. The minimum Gasteiger partial charge on any atom is -0.456 e. The number of aryl methyl sites for hydroxylation is 1. The van der Waals surface area contributed by atoms with E-state index in [9.17, 15) is 18.0 Å². The van der Waals surface area contributed by atoms with E-state index in [4.69, 9.17) is 4.42 Å².